The lowest BCUT2D eigenvalue weighted by molar-refractivity contribution is -0.142. The molecule has 4 rings (SSSR count). The normalized spacial score (nSPS) is 38.1. The number of carboxylic acids is 1. The van der Waals surface area contributed by atoms with Crippen molar-refractivity contribution in [3.8, 4) is 0 Å². The molecule has 1 atom stereocenters. The van der Waals surface area contributed by atoms with Crippen LogP contribution < -0.4 is 0 Å². The lowest BCUT2D eigenvalue weighted by Gasteiger charge is -2.63. The van der Waals surface area contributed by atoms with Crippen molar-refractivity contribution in [2.24, 2.45) is 28.6 Å². The van der Waals surface area contributed by atoms with Crippen LogP contribution in [0.15, 0.2) is 37.0 Å². The molecule has 2 nitrogen and oxygen atoms in total. The van der Waals surface area contributed by atoms with Gasteiger partial charge in [-0.15, -0.1) is 13.2 Å². The molecular formula is C21H30O2. The van der Waals surface area contributed by atoms with Gasteiger partial charge in [-0.2, -0.15) is 0 Å². The minimum absolute atomic E-state index is 0.154. The summed E-state index contributed by atoms with van der Waals surface area (Å²) in [6.07, 6.45) is 14.8. The maximum absolute atomic E-state index is 12.1. The Morgan fingerprint density at radius 1 is 1.13 bits per heavy atom. The smallest absolute Gasteiger partial charge is 0.331 e. The van der Waals surface area contributed by atoms with Crippen molar-refractivity contribution in [3.63, 3.8) is 0 Å². The molecule has 0 aromatic heterocycles. The molecule has 126 valence electrons. The molecule has 4 fully saturated rings. The number of carbonyl (C=O) groups is 1. The number of carboxylic acid groups (broad SMARTS) is 1. The van der Waals surface area contributed by atoms with E-state index in [2.05, 4.69) is 20.1 Å². The number of allylic oxidation sites excluding steroid dienone is 3. The van der Waals surface area contributed by atoms with E-state index in [1.165, 1.54) is 38.5 Å². The zero-order valence-corrected chi connectivity index (χ0v) is 14.4. The third-order valence-electron chi connectivity index (χ3n) is 7.07. The molecule has 2 heteroatoms. The van der Waals surface area contributed by atoms with Crippen LogP contribution in [0.4, 0.5) is 0 Å². The van der Waals surface area contributed by atoms with Crippen molar-refractivity contribution in [2.75, 3.05) is 0 Å². The second kappa shape index (κ2) is 5.96. The van der Waals surface area contributed by atoms with E-state index in [9.17, 15) is 9.90 Å². The van der Waals surface area contributed by atoms with Crippen molar-refractivity contribution in [3.05, 3.63) is 37.0 Å². The molecular weight excluding hydrogens is 284 g/mol. The molecule has 4 aliphatic carbocycles. The summed E-state index contributed by atoms with van der Waals surface area (Å²) in [5.74, 6) is 1.70. The fourth-order valence-electron chi connectivity index (χ4n) is 6.44. The maximum Gasteiger partial charge on any atom is 0.331 e. The zero-order valence-electron chi connectivity index (χ0n) is 14.4. The lowest BCUT2D eigenvalue weighted by atomic mass is 9.41. The first-order chi connectivity index (χ1) is 10.9. The van der Waals surface area contributed by atoms with E-state index < -0.39 is 5.97 Å². The molecule has 0 heterocycles. The van der Waals surface area contributed by atoms with Crippen molar-refractivity contribution in [2.45, 2.75) is 58.3 Å². The highest BCUT2D eigenvalue weighted by Gasteiger charge is 2.59. The predicted molar refractivity (Wildman–Crippen MR) is 94.1 cm³/mol. The van der Waals surface area contributed by atoms with Crippen LogP contribution >= 0.6 is 0 Å². The molecule has 0 amide bonds. The molecule has 0 saturated heterocycles. The highest BCUT2D eigenvalue weighted by Crippen LogP contribution is 2.68. The van der Waals surface area contributed by atoms with Gasteiger partial charge in [-0.1, -0.05) is 25.2 Å². The van der Waals surface area contributed by atoms with Crippen LogP contribution in [0.25, 0.3) is 0 Å². The molecule has 1 unspecified atom stereocenters. The first-order valence-corrected chi connectivity index (χ1v) is 9.10. The van der Waals surface area contributed by atoms with Crippen molar-refractivity contribution >= 4 is 5.97 Å². The van der Waals surface area contributed by atoms with Crippen LogP contribution in [-0.4, -0.2) is 11.1 Å². The monoisotopic (exact) mass is 314 g/mol. The predicted octanol–water partition coefficient (Wildman–Crippen LogP) is 5.37. The van der Waals surface area contributed by atoms with E-state index in [0.717, 1.165) is 24.2 Å². The van der Waals surface area contributed by atoms with Gasteiger partial charge in [0, 0.05) is 11.0 Å². The van der Waals surface area contributed by atoms with Gasteiger partial charge in [0.05, 0.1) is 0 Å². The van der Waals surface area contributed by atoms with E-state index in [-0.39, 0.29) is 10.8 Å². The van der Waals surface area contributed by atoms with Gasteiger partial charge in [-0.05, 0) is 74.5 Å². The molecule has 4 saturated carbocycles. The third-order valence-corrected chi connectivity index (χ3v) is 7.07. The fraction of sp³-hybridized carbons (Fsp3) is 0.667. The zero-order chi connectivity index (χ0) is 16.7. The van der Waals surface area contributed by atoms with Crippen LogP contribution in [0.2, 0.25) is 0 Å². The summed E-state index contributed by atoms with van der Waals surface area (Å²) in [6, 6.07) is 0. The average Bonchev–Trinajstić information content (AvgIpc) is 2.46. The van der Waals surface area contributed by atoms with Gasteiger partial charge >= 0.3 is 5.97 Å². The molecule has 0 spiro atoms. The van der Waals surface area contributed by atoms with E-state index in [1.54, 1.807) is 6.08 Å². The van der Waals surface area contributed by atoms with Gasteiger partial charge in [-0.25, -0.2) is 4.79 Å². The Labute approximate surface area is 140 Å². The van der Waals surface area contributed by atoms with Crippen LogP contribution in [0.5, 0.6) is 0 Å². The van der Waals surface area contributed by atoms with Gasteiger partial charge in [-0.3, -0.25) is 0 Å². The number of rotatable bonds is 7. The minimum atomic E-state index is -0.757. The standard InChI is InChI=1S/C21H30O2/c1-4-6-7-18(19(22)23)20(3,8-5-2)21-12-15-9-16(13-21)11-17(10-15)14-21/h4-5,7,15-17H,1-2,6,8-14H2,3H3,(H,22,23). The molecule has 0 radical (unpaired) electrons. The second-order valence-corrected chi connectivity index (χ2v) is 8.47. The largest absolute Gasteiger partial charge is 0.478 e. The SMILES string of the molecule is C=CCC=C(C(=O)O)C(C)(CC=C)C12CC3CC(CC(C3)C1)C2. The summed E-state index contributed by atoms with van der Waals surface area (Å²) < 4.78 is 0. The molecule has 0 aromatic rings. The Morgan fingerprint density at radius 2 is 1.65 bits per heavy atom. The second-order valence-electron chi connectivity index (χ2n) is 8.47. The first-order valence-electron chi connectivity index (χ1n) is 9.10. The maximum atomic E-state index is 12.1. The minimum Gasteiger partial charge on any atom is -0.478 e. The average molecular weight is 314 g/mol. The Morgan fingerprint density at radius 3 is 2.04 bits per heavy atom. The topological polar surface area (TPSA) is 37.3 Å². The molecule has 1 N–H and O–H groups in total. The van der Waals surface area contributed by atoms with Crippen LogP contribution in [-0.2, 0) is 4.79 Å². The summed E-state index contributed by atoms with van der Waals surface area (Å²) in [4.78, 5) is 12.1. The first kappa shape index (κ1) is 16.5. The molecule has 4 bridgehead atoms. The Balaban J connectivity index is 2.04. The Hall–Kier alpha value is -1.31. The van der Waals surface area contributed by atoms with Crippen molar-refractivity contribution < 1.29 is 9.90 Å². The summed E-state index contributed by atoms with van der Waals surface area (Å²) in [7, 11) is 0. The van der Waals surface area contributed by atoms with Crippen molar-refractivity contribution in [1.29, 1.82) is 0 Å². The highest BCUT2D eigenvalue weighted by molar-refractivity contribution is 5.88. The van der Waals surface area contributed by atoms with Crippen LogP contribution in [0.3, 0.4) is 0 Å². The molecule has 4 aliphatic rings. The van der Waals surface area contributed by atoms with Crippen LogP contribution in [0, 0.1) is 28.6 Å². The highest BCUT2D eigenvalue weighted by atomic mass is 16.4. The van der Waals surface area contributed by atoms with E-state index in [0.29, 0.717) is 12.0 Å². The quantitative estimate of drug-likeness (QED) is 0.506. The summed E-state index contributed by atoms with van der Waals surface area (Å²) in [6.45, 7) is 9.91. The van der Waals surface area contributed by atoms with E-state index in [4.69, 9.17) is 0 Å². The summed E-state index contributed by atoms with van der Waals surface area (Å²) in [5.41, 5.74) is 0.445. The Bertz CT molecular complexity index is 507. The van der Waals surface area contributed by atoms with Gasteiger partial charge in [0.1, 0.15) is 0 Å². The van der Waals surface area contributed by atoms with Crippen LogP contribution in [0.1, 0.15) is 58.3 Å². The fourth-order valence-corrected chi connectivity index (χ4v) is 6.44. The van der Waals surface area contributed by atoms with Gasteiger partial charge < -0.3 is 5.11 Å². The van der Waals surface area contributed by atoms with Gasteiger partial charge in [0.2, 0.25) is 0 Å². The van der Waals surface area contributed by atoms with E-state index >= 15 is 0 Å². The van der Waals surface area contributed by atoms with Gasteiger partial charge in [0.15, 0.2) is 0 Å². The third kappa shape index (κ3) is 2.60. The lowest BCUT2D eigenvalue weighted by Crippen LogP contribution is -2.55. The molecule has 0 aliphatic heterocycles. The molecule has 0 aromatic carbocycles. The summed E-state index contributed by atoms with van der Waals surface area (Å²) >= 11 is 0. The summed E-state index contributed by atoms with van der Waals surface area (Å²) in [5, 5.41) is 9.93. The van der Waals surface area contributed by atoms with E-state index in [1.807, 2.05) is 12.2 Å². The number of hydrogen-bond donors (Lipinski definition) is 1. The molecule has 23 heavy (non-hydrogen) atoms. The van der Waals surface area contributed by atoms with Gasteiger partial charge in [0.25, 0.3) is 0 Å². The number of aliphatic carboxylic acids is 1. The van der Waals surface area contributed by atoms with Crippen molar-refractivity contribution in [1.82, 2.24) is 0 Å². The Kier molecular flexibility index (Phi) is 4.29. The number of hydrogen-bond acceptors (Lipinski definition) is 1.